The van der Waals surface area contributed by atoms with Crippen molar-refractivity contribution in [3.63, 3.8) is 0 Å². The third kappa shape index (κ3) is 2.96. The SMILES string of the molecule is CC(=O)Nc1nc2ccc(N=C(N)CCl)cc2s1. The molecule has 0 unspecified atom stereocenters. The first-order chi connectivity index (χ1) is 8.58. The van der Waals surface area contributed by atoms with Gasteiger partial charge in [0.1, 0.15) is 5.84 Å². The molecule has 1 aromatic heterocycles. The first kappa shape index (κ1) is 12.8. The van der Waals surface area contributed by atoms with Gasteiger partial charge in [0.15, 0.2) is 5.13 Å². The normalized spacial score (nSPS) is 11.8. The lowest BCUT2D eigenvalue weighted by Crippen LogP contribution is -2.12. The summed E-state index contributed by atoms with van der Waals surface area (Å²) in [5, 5.41) is 3.23. The van der Waals surface area contributed by atoms with Crippen LogP contribution in [-0.4, -0.2) is 22.6 Å². The summed E-state index contributed by atoms with van der Waals surface area (Å²) in [6.07, 6.45) is 0. The Balaban J connectivity index is 2.36. The highest BCUT2D eigenvalue weighted by Crippen LogP contribution is 2.29. The van der Waals surface area contributed by atoms with E-state index in [9.17, 15) is 4.79 Å². The van der Waals surface area contributed by atoms with E-state index in [1.54, 1.807) is 6.07 Å². The van der Waals surface area contributed by atoms with Crippen molar-refractivity contribution in [2.24, 2.45) is 10.7 Å². The Morgan fingerprint density at radius 2 is 2.39 bits per heavy atom. The minimum absolute atomic E-state index is 0.140. The van der Waals surface area contributed by atoms with E-state index >= 15 is 0 Å². The number of alkyl halides is 1. The molecule has 1 amide bonds. The van der Waals surface area contributed by atoms with Crippen LogP contribution >= 0.6 is 22.9 Å². The summed E-state index contributed by atoms with van der Waals surface area (Å²) >= 11 is 6.96. The second kappa shape index (κ2) is 5.32. The molecule has 0 atom stereocenters. The predicted octanol–water partition coefficient (Wildman–Crippen LogP) is 2.48. The second-order valence-electron chi connectivity index (χ2n) is 3.59. The van der Waals surface area contributed by atoms with E-state index < -0.39 is 0 Å². The lowest BCUT2D eigenvalue weighted by atomic mass is 10.3. The smallest absolute Gasteiger partial charge is 0.223 e. The molecular formula is C11H11ClN4OS. The number of benzene rings is 1. The number of hydrogen-bond donors (Lipinski definition) is 2. The Bertz CT molecular complexity index is 623. The number of rotatable bonds is 3. The summed E-state index contributed by atoms with van der Waals surface area (Å²) < 4.78 is 0.933. The Kier molecular flexibility index (Phi) is 3.78. The van der Waals surface area contributed by atoms with Gasteiger partial charge in [0.2, 0.25) is 5.91 Å². The van der Waals surface area contributed by atoms with Gasteiger partial charge in [-0.3, -0.25) is 4.79 Å². The number of aliphatic imine (C=N–C) groups is 1. The first-order valence-corrected chi connectivity index (χ1v) is 6.51. The van der Waals surface area contributed by atoms with Crippen LogP contribution in [0.2, 0.25) is 0 Å². The van der Waals surface area contributed by atoms with Gasteiger partial charge in [-0.25, -0.2) is 9.98 Å². The molecule has 1 heterocycles. The molecule has 18 heavy (non-hydrogen) atoms. The fourth-order valence-electron chi connectivity index (χ4n) is 1.38. The molecule has 0 aliphatic heterocycles. The lowest BCUT2D eigenvalue weighted by molar-refractivity contribution is -0.114. The first-order valence-electron chi connectivity index (χ1n) is 5.15. The van der Waals surface area contributed by atoms with Crippen molar-refractivity contribution in [1.82, 2.24) is 4.98 Å². The van der Waals surface area contributed by atoms with Crippen LogP contribution in [0.25, 0.3) is 10.2 Å². The van der Waals surface area contributed by atoms with Gasteiger partial charge < -0.3 is 11.1 Å². The van der Waals surface area contributed by atoms with Crippen LogP contribution in [0.4, 0.5) is 10.8 Å². The van der Waals surface area contributed by atoms with E-state index in [0.29, 0.717) is 11.0 Å². The van der Waals surface area contributed by atoms with Gasteiger partial charge >= 0.3 is 0 Å². The Morgan fingerprint density at radius 1 is 1.61 bits per heavy atom. The summed E-state index contributed by atoms with van der Waals surface area (Å²) in [4.78, 5) is 19.4. The molecule has 0 radical (unpaired) electrons. The maximum atomic E-state index is 10.9. The number of fused-ring (bicyclic) bond motifs is 1. The topological polar surface area (TPSA) is 80.4 Å². The number of anilines is 1. The summed E-state index contributed by atoms with van der Waals surface area (Å²) in [7, 11) is 0. The summed E-state index contributed by atoms with van der Waals surface area (Å²) in [6, 6.07) is 5.49. The summed E-state index contributed by atoms with van der Waals surface area (Å²) in [5.74, 6) is 0.416. The molecule has 0 bridgehead atoms. The van der Waals surface area contributed by atoms with Crippen LogP contribution in [0.5, 0.6) is 0 Å². The number of carbonyl (C=O) groups excluding carboxylic acids is 1. The van der Waals surface area contributed by atoms with Crippen molar-refractivity contribution in [3.8, 4) is 0 Å². The molecule has 0 fully saturated rings. The Morgan fingerprint density at radius 3 is 3.06 bits per heavy atom. The zero-order valence-electron chi connectivity index (χ0n) is 9.61. The molecule has 1 aromatic carbocycles. The molecule has 7 heteroatoms. The van der Waals surface area contributed by atoms with E-state index in [1.165, 1.54) is 18.3 Å². The third-order valence-corrected chi connectivity index (χ3v) is 3.27. The maximum absolute atomic E-state index is 10.9. The molecule has 0 saturated heterocycles. The number of nitrogens with two attached hydrogens (primary N) is 1. The van der Waals surface area contributed by atoms with Crippen molar-refractivity contribution in [2.45, 2.75) is 6.92 Å². The second-order valence-corrected chi connectivity index (χ2v) is 4.89. The number of amides is 1. The Hall–Kier alpha value is -1.66. The molecule has 0 aliphatic carbocycles. The number of amidine groups is 1. The van der Waals surface area contributed by atoms with Crippen LogP contribution < -0.4 is 11.1 Å². The maximum Gasteiger partial charge on any atom is 0.223 e. The van der Waals surface area contributed by atoms with Gasteiger partial charge in [-0.15, -0.1) is 11.6 Å². The average molecular weight is 283 g/mol. The standard InChI is InChI=1S/C11H11ClN4OS/c1-6(17)14-11-16-8-3-2-7(4-9(8)18-11)15-10(13)5-12/h2-4H,5H2,1H3,(H2,13,15)(H,14,16,17). The van der Waals surface area contributed by atoms with Crippen LogP contribution in [0, 0.1) is 0 Å². The van der Waals surface area contributed by atoms with Crippen LogP contribution in [0.1, 0.15) is 6.92 Å². The van der Waals surface area contributed by atoms with Crippen molar-refractivity contribution in [3.05, 3.63) is 18.2 Å². The van der Waals surface area contributed by atoms with E-state index in [0.717, 1.165) is 15.9 Å². The summed E-state index contributed by atoms with van der Waals surface area (Å²) in [6.45, 7) is 1.45. The zero-order chi connectivity index (χ0) is 13.1. The summed E-state index contributed by atoms with van der Waals surface area (Å²) in [5.41, 5.74) is 7.10. The molecule has 0 saturated carbocycles. The van der Waals surface area contributed by atoms with E-state index in [1.807, 2.05) is 12.1 Å². The molecule has 3 N–H and O–H groups in total. The molecule has 5 nitrogen and oxygen atoms in total. The highest BCUT2D eigenvalue weighted by Gasteiger charge is 2.05. The molecular weight excluding hydrogens is 272 g/mol. The molecule has 2 rings (SSSR count). The third-order valence-electron chi connectivity index (χ3n) is 2.06. The molecule has 0 spiro atoms. The van der Waals surface area contributed by atoms with Gasteiger partial charge in [0.05, 0.1) is 21.8 Å². The Labute approximate surface area is 113 Å². The number of hydrogen-bond acceptors (Lipinski definition) is 4. The molecule has 2 aromatic rings. The van der Waals surface area contributed by atoms with Crippen molar-refractivity contribution in [1.29, 1.82) is 0 Å². The van der Waals surface area contributed by atoms with Crippen molar-refractivity contribution in [2.75, 3.05) is 11.2 Å². The van der Waals surface area contributed by atoms with Crippen LogP contribution in [-0.2, 0) is 4.79 Å². The largest absolute Gasteiger partial charge is 0.386 e. The fourth-order valence-corrected chi connectivity index (χ4v) is 2.39. The van der Waals surface area contributed by atoms with Crippen LogP contribution in [0.3, 0.4) is 0 Å². The monoisotopic (exact) mass is 282 g/mol. The highest BCUT2D eigenvalue weighted by atomic mass is 35.5. The van der Waals surface area contributed by atoms with Gasteiger partial charge in [0, 0.05) is 6.92 Å². The minimum Gasteiger partial charge on any atom is -0.386 e. The highest BCUT2D eigenvalue weighted by molar-refractivity contribution is 7.22. The van der Waals surface area contributed by atoms with E-state index in [2.05, 4.69) is 15.3 Å². The number of nitrogens with zero attached hydrogens (tertiary/aromatic N) is 2. The van der Waals surface area contributed by atoms with E-state index in [4.69, 9.17) is 17.3 Å². The fraction of sp³-hybridized carbons (Fsp3) is 0.182. The number of nitrogens with one attached hydrogen (secondary N) is 1. The zero-order valence-corrected chi connectivity index (χ0v) is 11.2. The number of thiazole rings is 1. The van der Waals surface area contributed by atoms with Gasteiger partial charge in [-0.05, 0) is 18.2 Å². The van der Waals surface area contributed by atoms with Gasteiger partial charge in [-0.1, -0.05) is 11.3 Å². The number of halogens is 1. The molecule has 0 aliphatic rings. The number of aromatic nitrogens is 1. The van der Waals surface area contributed by atoms with Crippen molar-refractivity contribution >= 4 is 55.7 Å². The lowest BCUT2D eigenvalue weighted by Gasteiger charge is -1.95. The quantitative estimate of drug-likeness (QED) is 0.515. The van der Waals surface area contributed by atoms with Gasteiger partial charge in [-0.2, -0.15) is 0 Å². The van der Waals surface area contributed by atoms with E-state index in [-0.39, 0.29) is 11.8 Å². The van der Waals surface area contributed by atoms with Crippen molar-refractivity contribution < 1.29 is 4.79 Å². The predicted molar refractivity (Wildman–Crippen MR) is 75.9 cm³/mol. The van der Waals surface area contributed by atoms with Gasteiger partial charge in [0.25, 0.3) is 0 Å². The average Bonchev–Trinajstić information content (AvgIpc) is 2.69. The molecule has 94 valence electrons. The number of carbonyl (C=O) groups is 1. The van der Waals surface area contributed by atoms with Crippen LogP contribution in [0.15, 0.2) is 23.2 Å². The minimum atomic E-state index is -0.140.